The minimum Gasteiger partial charge on any atom is -0.310 e. The van der Waals surface area contributed by atoms with Crippen molar-refractivity contribution in [3.8, 4) is 100 Å². The van der Waals surface area contributed by atoms with Crippen LogP contribution in [0.3, 0.4) is 0 Å². The summed E-state index contributed by atoms with van der Waals surface area (Å²) in [5, 5.41) is -2.16. The highest BCUT2D eigenvalue weighted by molar-refractivity contribution is 7.00. The van der Waals surface area contributed by atoms with Crippen LogP contribution in [0, 0.1) is 0 Å². The van der Waals surface area contributed by atoms with Gasteiger partial charge in [0, 0.05) is 77.9 Å². The van der Waals surface area contributed by atoms with Gasteiger partial charge in [0.2, 0.25) is 0 Å². The van der Waals surface area contributed by atoms with Gasteiger partial charge in [-0.2, -0.15) is 0 Å². The van der Waals surface area contributed by atoms with E-state index in [4.69, 9.17) is 8.22 Å². The maximum atomic E-state index is 12.2. The molecule has 2 aromatic heterocycles. The summed E-state index contributed by atoms with van der Waals surface area (Å²) in [6.07, 6.45) is 0. The van der Waals surface area contributed by atoms with Crippen LogP contribution in [0.5, 0.6) is 0 Å². The molecule has 4 nitrogen and oxygen atoms in total. The summed E-state index contributed by atoms with van der Waals surface area (Å²) in [4.78, 5) is 3.67. The number of nitrogens with zero attached hydrogens (tertiary/aromatic N) is 4. The lowest BCUT2D eigenvalue weighted by Gasteiger charge is -2.47. The lowest BCUT2D eigenvalue weighted by molar-refractivity contribution is 0.590. The largest absolute Gasteiger partial charge is 0.310 e. The van der Waals surface area contributed by atoms with Crippen LogP contribution >= 0.6 is 0 Å². The highest BCUT2D eigenvalue weighted by Gasteiger charge is 2.47. The summed E-state index contributed by atoms with van der Waals surface area (Å²) in [5.74, 6) is 0. The minimum atomic E-state index is -1.84. The van der Waals surface area contributed by atoms with Crippen LogP contribution in [-0.2, 0) is 16.2 Å². The number of benzene rings is 17. The standard InChI is InChI=1S/C114H91BN4/c1-112(2,3)86-66-93(78-42-24-14-25-43-78)110(95(68-86)84-48-32-46-80(62-84)74-34-16-10-17-35-74)118-105-72-89(116-101-52-30-28-50-91(101)97-64-82(54-60-103(97)116)76-38-20-12-21-39-76)56-58-99(105)115-100-59-57-90(117-102-53-31-29-51-92(102)98-65-83(55-61-104(98)117)77-40-22-13-23-41-77)73-106(100)119(108-71-88(114(7,8)9)70-107(118)109(108)115)111-94(79-44-26-15-27-45-79)67-87(113(4,5)6)69-96(111)85-49-33-47-81(63-85)75-36-18-11-19-37-75/h10-73H,1-9H3/i12D,13D,20D,21D,22D,23D,28D,29D,30D,31D,38D,39D,40D,41D,50D,51D,52D,53D,54D,55D,56D,57D,58D,59D,60D,61D,64D,65D,72D,73D. The van der Waals surface area contributed by atoms with Gasteiger partial charge in [-0.05, 0) is 225 Å². The molecule has 119 heavy (non-hydrogen) atoms. The molecule has 0 saturated carbocycles. The second-order valence-electron chi connectivity index (χ2n) is 33.3. The molecule has 0 spiro atoms. The summed E-state index contributed by atoms with van der Waals surface area (Å²) in [7, 11) is 0. The van der Waals surface area contributed by atoms with Gasteiger partial charge in [-0.25, -0.2) is 0 Å². The van der Waals surface area contributed by atoms with E-state index in [-0.39, 0.29) is 39.1 Å². The third-order valence-corrected chi connectivity index (χ3v) is 22.8. The maximum absolute atomic E-state index is 12.2. The number of fused-ring (bicyclic) bond motifs is 10. The smallest absolute Gasteiger partial charge is 0.252 e. The normalized spacial score (nSPS) is 16.2. The first-order chi connectivity index (χ1) is 70.5. The zero-order valence-corrected chi connectivity index (χ0v) is 66.5. The summed E-state index contributed by atoms with van der Waals surface area (Å²) in [6.45, 7) is 16.5. The first-order valence-corrected chi connectivity index (χ1v) is 39.5. The average molecular weight is 1560 g/mol. The van der Waals surface area contributed by atoms with Crippen molar-refractivity contribution in [1.29, 1.82) is 0 Å². The van der Waals surface area contributed by atoms with Crippen LogP contribution in [0.1, 0.15) is 120 Å². The third kappa shape index (κ3) is 12.5. The van der Waals surface area contributed by atoms with Crippen LogP contribution in [0.25, 0.3) is 144 Å². The van der Waals surface area contributed by atoms with Crippen LogP contribution < -0.4 is 26.2 Å². The SMILES string of the molecule is [2H]c1c([2H])c([2H])c(-c2c([2H])c([2H])c3c(c2[2H])c2c([2H])c([2H])c([2H])c([2H])c2n3-c2c([2H])c([2H])c3c(c2[2H])N(c2c(-c4ccccc4)cc(C(C)(C)C)cc2-c2cccc(-c4ccccc4)c2)c2cc(C(C)(C)C)cc4c2B3c2c([2H])c([2H])c(-n3c5c([2H])c([2H])c([2H])c([2H])c5c5c([2H])c(-c6c([2H])c([2H])c([2H])c([2H])c6[2H])c([2H])c([2H])c53)c([2H])c2N4c2c(-c3ccccc3)cc(C(C)(C)C)cc2-c2cccc(-c3ccccc3)c2)c([2H])c1[2H]. The molecule has 0 amide bonds. The predicted molar refractivity (Wildman–Crippen MR) is 509 cm³/mol. The van der Waals surface area contributed by atoms with E-state index in [1.807, 2.05) is 225 Å². The second kappa shape index (κ2) is 28.4. The first kappa shape index (κ1) is 47.3. The second-order valence-corrected chi connectivity index (χ2v) is 33.3. The topological polar surface area (TPSA) is 16.3 Å². The van der Waals surface area contributed by atoms with Crippen molar-refractivity contribution in [3.63, 3.8) is 0 Å². The highest BCUT2D eigenvalue weighted by Crippen LogP contribution is 2.56. The lowest BCUT2D eigenvalue weighted by atomic mass is 9.33. The Morgan fingerprint density at radius 2 is 0.571 bits per heavy atom. The Hall–Kier alpha value is -14.0. The molecule has 570 valence electrons. The van der Waals surface area contributed by atoms with Gasteiger partial charge in [0.05, 0.1) is 74.6 Å². The lowest BCUT2D eigenvalue weighted by Crippen LogP contribution is -2.61. The van der Waals surface area contributed by atoms with Crippen molar-refractivity contribution in [2.24, 2.45) is 0 Å². The van der Waals surface area contributed by atoms with Crippen molar-refractivity contribution in [2.45, 2.75) is 78.6 Å². The number of aromatic nitrogens is 2. The summed E-state index contributed by atoms with van der Waals surface area (Å²) in [5.41, 5.74) is 0.551. The zero-order valence-electron chi connectivity index (χ0n) is 96.5. The number of para-hydroxylation sites is 2. The Kier molecular flexibility index (Phi) is 11.3. The minimum absolute atomic E-state index is 0.189. The Morgan fingerprint density at radius 3 is 0.958 bits per heavy atom. The molecule has 5 heteroatoms. The van der Waals surface area contributed by atoms with Crippen molar-refractivity contribution in [1.82, 2.24) is 9.13 Å². The molecule has 0 aliphatic carbocycles. The van der Waals surface area contributed by atoms with Crippen molar-refractivity contribution < 1.29 is 41.1 Å². The summed E-state index contributed by atoms with van der Waals surface area (Å²) >= 11 is 0. The molecule has 0 radical (unpaired) electrons. The molecule has 0 atom stereocenters. The molecule has 19 aromatic rings. The quantitative estimate of drug-likeness (QED) is 0.113. The number of anilines is 6. The van der Waals surface area contributed by atoms with Gasteiger partial charge in [-0.15, -0.1) is 0 Å². The van der Waals surface area contributed by atoms with Crippen molar-refractivity contribution in [2.75, 3.05) is 9.80 Å². The highest BCUT2D eigenvalue weighted by atomic mass is 15.2. The van der Waals surface area contributed by atoms with Gasteiger partial charge in [0.15, 0.2) is 0 Å². The fourth-order valence-electron chi connectivity index (χ4n) is 16.8. The van der Waals surface area contributed by atoms with E-state index in [9.17, 15) is 32.9 Å². The summed E-state index contributed by atoms with van der Waals surface area (Å²) < 4.78 is 304. The molecule has 0 fully saturated rings. The fraction of sp³-hybridized carbons (Fsp3) is 0.105. The van der Waals surface area contributed by atoms with Gasteiger partial charge < -0.3 is 18.9 Å². The van der Waals surface area contributed by atoms with Crippen molar-refractivity contribution >= 4 is 101 Å². The molecular weight excluding hydrogens is 1440 g/mol. The monoisotopic (exact) mass is 1560 g/mol. The Bertz CT molecular complexity index is 8570. The number of hydrogen-bond donors (Lipinski definition) is 0. The molecular formula is C114H91BN4. The van der Waals surface area contributed by atoms with Gasteiger partial charge >= 0.3 is 0 Å². The van der Waals surface area contributed by atoms with Gasteiger partial charge in [-0.3, -0.25) is 0 Å². The molecule has 4 heterocycles. The summed E-state index contributed by atoms with van der Waals surface area (Å²) in [6, 6.07) is 40.0. The van der Waals surface area contributed by atoms with Crippen molar-refractivity contribution in [3.05, 3.63) is 404 Å². The van der Waals surface area contributed by atoms with E-state index in [2.05, 4.69) is 53.7 Å². The third-order valence-electron chi connectivity index (χ3n) is 22.8. The number of hydrogen-bond acceptors (Lipinski definition) is 2. The Balaban J connectivity index is 1.03. The predicted octanol–water partition coefficient (Wildman–Crippen LogP) is 29.2. The van der Waals surface area contributed by atoms with E-state index in [1.165, 1.54) is 0 Å². The van der Waals surface area contributed by atoms with Crippen LogP contribution in [-0.4, -0.2) is 15.8 Å². The van der Waals surface area contributed by atoms with Gasteiger partial charge in [0.25, 0.3) is 6.71 Å². The molecule has 21 rings (SSSR count). The fourth-order valence-corrected chi connectivity index (χ4v) is 16.8. The number of rotatable bonds is 12. The van der Waals surface area contributed by atoms with Gasteiger partial charge in [-0.1, -0.05) is 341 Å². The van der Waals surface area contributed by atoms with E-state index < -0.39 is 281 Å². The molecule has 0 bridgehead atoms. The zero-order chi connectivity index (χ0) is 107. The Morgan fingerprint density at radius 1 is 0.244 bits per heavy atom. The average Bonchev–Trinajstić information content (AvgIpc) is 1.55. The maximum Gasteiger partial charge on any atom is 0.252 e. The molecule has 0 saturated heterocycles. The molecule has 2 aliphatic heterocycles. The molecule has 17 aromatic carbocycles. The van der Waals surface area contributed by atoms with Crippen LogP contribution in [0.4, 0.5) is 34.1 Å². The van der Waals surface area contributed by atoms with E-state index >= 15 is 0 Å². The molecule has 0 N–H and O–H groups in total. The Labute approximate surface area is 741 Å². The molecule has 0 unspecified atom stereocenters. The van der Waals surface area contributed by atoms with E-state index in [0.29, 0.717) is 61.4 Å². The first-order valence-electron chi connectivity index (χ1n) is 54.5. The molecule has 2 aliphatic rings. The van der Waals surface area contributed by atoms with Crippen LogP contribution in [0.2, 0.25) is 0 Å². The van der Waals surface area contributed by atoms with Crippen LogP contribution in [0.15, 0.2) is 388 Å². The van der Waals surface area contributed by atoms with Gasteiger partial charge in [0.1, 0.15) is 0 Å². The van der Waals surface area contributed by atoms with E-state index in [1.54, 1.807) is 0 Å². The van der Waals surface area contributed by atoms with E-state index in [0.717, 1.165) is 42.5 Å².